The zero-order valence-corrected chi connectivity index (χ0v) is 14.5. The first kappa shape index (κ1) is 19.1. The molecule has 3 rings (SSSR count). The van der Waals surface area contributed by atoms with Gasteiger partial charge >= 0.3 is 10.2 Å². The van der Waals surface area contributed by atoms with Crippen molar-refractivity contribution in [1.29, 1.82) is 5.26 Å². The smallest absolute Gasteiger partial charge is 0.236 e. The third-order valence-electron chi connectivity index (χ3n) is 3.71. The Morgan fingerprint density at radius 1 is 1.15 bits per heavy atom. The molecule has 142 valence electrons. The summed E-state index contributed by atoms with van der Waals surface area (Å²) in [6.45, 7) is 0. The van der Waals surface area contributed by atoms with Crippen LogP contribution in [0.25, 0.3) is 5.69 Å². The molecule has 1 aliphatic rings. The predicted molar refractivity (Wildman–Crippen MR) is 82.0 cm³/mol. The summed E-state index contributed by atoms with van der Waals surface area (Å²) >= 11 is 11.3. The molecule has 0 bridgehead atoms. The summed E-state index contributed by atoms with van der Waals surface area (Å²) in [7, 11) is -10.0. The van der Waals surface area contributed by atoms with E-state index in [4.69, 9.17) is 28.5 Å². The molecular formula is C13H6Cl2F7N3S. The molecular weight excluding hydrogens is 434 g/mol. The fraction of sp³-hybridized carbons (Fsp3) is 0.231. The minimum Gasteiger partial charge on any atom is -0.236 e. The van der Waals surface area contributed by atoms with Crippen LogP contribution in [0.15, 0.2) is 23.2 Å². The minimum atomic E-state index is -10.0. The molecule has 13 heteroatoms. The third-order valence-corrected chi connectivity index (χ3v) is 5.42. The largest absolute Gasteiger partial charge is 0.310 e. The number of rotatable bonds is 3. The highest BCUT2D eigenvalue weighted by molar-refractivity contribution is 8.45. The van der Waals surface area contributed by atoms with Gasteiger partial charge in [0.2, 0.25) is 0 Å². The number of benzene rings is 1. The van der Waals surface area contributed by atoms with Crippen molar-refractivity contribution in [3.05, 3.63) is 39.6 Å². The molecule has 0 amide bonds. The van der Waals surface area contributed by atoms with E-state index >= 15 is 0 Å². The van der Waals surface area contributed by atoms with Crippen LogP contribution < -0.4 is 0 Å². The summed E-state index contributed by atoms with van der Waals surface area (Å²) in [5, 5.41) is 11.0. The second-order valence-corrected chi connectivity index (χ2v) is 8.94. The van der Waals surface area contributed by atoms with Gasteiger partial charge in [0.1, 0.15) is 16.7 Å². The van der Waals surface area contributed by atoms with Gasteiger partial charge in [-0.25, -0.2) is 13.5 Å². The Bertz CT molecular complexity index is 956. The molecule has 1 atom stereocenters. The number of aromatic nitrogens is 2. The van der Waals surface area contributed by atoms with Crippen LogP contribution in [-0.4, -0.2) is 15.7 Å². The monoisotopic (exact) mass is 439 g/mol. The van der Waals surface area contributed by atoms with E-state index in [-0.39, 0.29) is 17.7 Å². The van der Waals surface area contributed by atoms with E-state index in [2.05, 4.69) is 5.10 Å². The predicted octanol–water partition coefficient (Wildman–Crippen LogP) is 6.83. The van der Waals surface area contributed by atoms with Gasteiger partial charge in [-0.3, -0.25) is 0 Å². The van der Waals surface area contributed by atoms with Crippen LogP contribution >= 0.6 is 33.4 Å². The lowest BCUT2D eigenvalue weighted by atomic mass is 10.2. The fourth-order valence-corrected chi connectivity index (χ4v) is 3.85. The van der Waals surface area contributed by atoms with Gasteiger partial charge in [0, 0.05) is 18.2 Å². The molecule has 0 radical (unpaired) electrons. The lowest BCUT2D eigenvalue weighted by Gasteiger charge is -2.40. The van der Waals surface area contributed by atoms with Crippen LogP contribution in [0.2, 0.25) is 10.0 Å². The van der Waals surface area contributed by atoms with Crippen molar-refractivity contribution in [2.45, 2.75) is 23.2 Å². The van der Waals surface area contributed by atoms with Crippen molar-refractivity contribution in [3.63, 3.8) is 0 Å². The van der Waals surface area contributed by atoms with Crippen LogP contribution in [0.1, 0.15) is 23.6 Å². The van der Waals surface area contributed by atoms with Gasteiger partial charge in [-0.1, -0.05) is 42.6 Å². The van der Waals surface area contributed by atoms with Crippen molar-refractivity contribution >= 4 is 33.4 Å². The van der Waals surface area contributed by atoms with Gasteiger partial charge in [-0.2, -0.15) is 10.4 Å². The standard InChI is InChI=1S/C13H6Cl2F7N3S/c14-9-1-6(26(18,19,20,21)22)2-10(15)12(9)25-5-7(11(4-23)24-25)8-3-13(8,16)17/h1-2,5,8H,3H2. The molecule has 1 aromatic carbocycles. The number of hydrogen-bond acceptors (Lipinski definition) is 2. The van der Waals surface area contributed by atoms with E-state index in [0.29, 0.717) is 0 Å². The second kappa shape index (κ2) is 4.79. The Morgan fingerprint density at radius 3 is 2.04 bits per heavy atom. The molecule has 0 spiro atoms. The second-order valence-electron chi connectivity index (χ2n) is 5.71. The Balaban J connectivity index is 2.14. The molecule has 1 aromatic heterocycles. The summed E-state index contributed by atoms with van der Waals surface area (Å²) in [6.07, 6.45) is 0.453. The van der Waals surface area contributed by atoms with E-state index < -0.39 is 54.8 Å². The molecule has 2 aromatic rings. The zero-order valence-electron chi connectivity index (χ0n) is 12.2. The van der Waals surface area contributed by atoms with Crippen molar-refractivity contribution in [3.8, 4) is 11.8 Å². The van der Waals surface area contributed by atoms with Gasteiger partial charge in [0.05, 0.1) is 16.0 Å². The molecule has 0 saturated heterocycles. The molecule has 1 saturated carbocycles. The third kappa shape index (κ3) is 3.33. The quantitative estimate of drug-likeness (QED) is 0.491. The number of nitriles is 1. The Hall–Kier alpha value is -1.64. The van der Waals surface area contributed by atoms with E-state index in [0.717, 1.165) is 10.9 Å². The number of alkyl halides is 2. The molecule has 1 heterocycles. The van der Waals surface area contributed by atoms with Crippen LogP contribution in [-0.2, 0) is 0 Å². The van der Waals surface area contributed by atoms with Gasteiger partial charge in [0.25, 0.3) is 5.92 Å². The van der Waals surface area contributed by atoms with E-state index in [1.54, 1.807) is 6.07 Å². The average molecular weight is 440 g/mol. The van der Waals surface area contributed by atoms with Crippen molar-refractivity contribution in [1.82, 2.24) is 9.78 Å². The summed E-state index contributed by atoms with van der Waals surface area (Å²) in [5.41, 5.74) is -0.969. The maximum atomic E-state index is 13.2. The van der Waals surface area contributed by atoms with Crippen LogP contribution in [0.5, 0.6) is 0 Å². The zero-order chi connectivity index (χ0) is 19.8. The Morgan fingerprint density at radius 2 is 1.65 bits per heavy atom. The van der Waals surface area contributed by atoms with Crippen LogP contribution in [0.3, 0.4) is 0 Å². The lowest BCUT2D eigenvalue weighted by molar-refractivity contribution is 0.112. The number of nitrogens with zero attached hydrogens (tertiary/aromatic N) is 3. The summed E-state index contributed by atoms with van der Waals surface area (Å²) in [4.78, 5) is -2.30. The first-order valence-electron chi connectivity index (χ1n) is 6.64. The molecule has 26 heavy (non-hydrogen) atoms. The summed E-state index contributed by atoms with van der Waals surface area (Å²) in [5.74, 6) is -4.30. The van der Waals surface area contributed by atoms with Gasteiger partial charge < -0.3 is 0 Å². The number of halogens is 9. The Labute approximate surface area is 151 Å². The fourth-order valence-electron chi connectivity index (χ4n) is 2.38. The molecule has 1 aliphatic carbocycles. The van der Waals surface area contributed by atoms with E-state index in [9.17, 15) is 28.2 Å². The summed E-state index contributed by atoms with van der Waals surface area (Å²) < 4.78 is 91.7. The molecule has 0 N–H and O–H groups in total. The minimum absolute atomic E-state index is 0.0244. The van der Waals surface area contributed by atoms with Gasteiger partial charge in [-0.15, -0.1) is 0 Å². The normalized spacial score (nSPS) is 21.6. The molecule has 0 aliphatic heterocycles. The Kier molecular flexibility index (Phi) is 3.53. The van der Waals surface area contributed by atoms with Crippen molar-refractivity contribution in [2.24, 2.45) is 0 Å². The van der Waals surface area contributed by atoms with Crippen LogP contribution in [0.4, 0.5) is 28.2 Å². The number of hydrogen-bond donors (Lipinski definition) is 0. The SMILES string of the molecule is N#Cc1nn(-c2c(Cl)cc(S(F)(F)(F)(F)F)cc2Cl)cc1C1CC1(F)F. The maximum Gasteiger partial charge on any atom is 0.310 e. The topological polar surface area (TPSA) is 41.6 Å². The average Bonchev–Trinajstić information content (AvgIpc) is 2.89. The van der Waals surface area contributed by atoms with Gasteiger partial charge in [-0.05, 0) is 12.1 Å². The van der Waals surface area contributed by atoms with E-state index in [1.807, 2.05) is 0 Å². The highest BCUT2D eigenvalue weighted by Gasteiger charge is 2.65. The first-order valence-corrected chi connectivity index (χ1v) is 9.35. The van der Waals surface area contributed by atoms with Gasteiger partial charge in [0.15, 0.2) is 5.69 Å². The molecule has 1 unspecified atom stereocenters. The lowest BCUT2D eigenvalue weighted by Crippen LogP contribution is -2.07. The maximum absolute atomic E-state index is 13.2. The van der Waals surface area contributed by atoms with Crippen LogP contribution in [0, 0.1) is 11.3 Å². The van der Waals surface area contributed by atoms with Crippen molar-refractivity contribution < 1.29 is 28.2 Å². The summed E-state index contributed by atoms with van der Waals surface area (Å²) in [6, 6.07) is 1.54. The van der Waals surface area contributed by atoms with E-state index in [1.165, 1.54) is 0 Å². The highest BCUT2D eigenvalue weighted by Crippen LogP contribution is 3.02. The van der Waals surface area contributed by atoms with Crippen molar-refractivity contribution in [2.75, 3.05) is 0 Å². The first-order chi connectivity index (χ1) is 11.5. The molecule has 3 nitrogen and oxygen atoms in total. The molecule has 1 fully saturated rings. The highest BCUT2D eigenvalue weighted by atomic mass is 35.5.